The van der Waals surface area contributed by atoms with Crippen LogP contribution in [-0.2, 0) is 38.1 Å². The molecule has 0 amide bonds. The molecule has 0 spiro atoms. The second-order valence-corrected chi connectivity index (χ2v) is 8.45. The zero-order valence-corrected chi connectivity index (χ0v) is 18.3. The van der Waals surface area contributed by atoms with Crippen LogP contribution in [0, 0.1) is 0 Å². The summed E-state index contributed by atoms with van der Waals surface area (Å²) in [5.74, 6) is -5.46. The molecule has 0 aromatic rings. The summed E-state index contributed by atoms with van der Waals surface area (Å²) in [6.45, 7) is 0. The highest BCUT2D eigenvalue weighted by molar-refractivity contribution is 5.74. The Hall–Kier alpha value is -2.11. The van der Waals surface area contributed by atoms with Crippen molar-refractivity contribution in [2.45, 2.75) is 92.1 Å². The Morgan fingerprint density at radius 2 is 0.838 bits per heavy atom. The molecule has 0 bridgehead atoms. The molecule has 11 N–H and O–H groups in total. The van der Waals surface area contributed by atoms with Crippen LogP contribution in [0.15, 0.2) is 0 Å². The minimum Gasteiger partial charge on any atom is -0.479 e. The van der Waals surface area contributed by atoms with Crippen molar-refractivity contribution < 1.29 is 94.2 Å². The first-order valence-electron chi connectivity index (χ1n) is 10.6. The molecule has 3 rings (SSSR count). The predicted molar refractivity (Wildman–Crippen MR) is 103 cm³/mol. The zero-order valence-electron chi connectivity index (χ0n) is 18.3. The van der Waals surface area contributed by atoms with Crippen LogP contribution in [-0.4, -0.2) is 166 Å². The molecule has 0 radical (unpaired) electrons. The third-order valence-corrected chi connectivity index (χ3v) is 5.99. The van der Waals surface area contributed by atoms with Crippen LogP contribution < -0.4 is 0 Å². The molecule has 3 heterocycles. The average molecular weight is 546 g/mol. The van der Waals surface area contributed by atoms with Gasteiger partial charge in [0.05, 0.1) is 0 Å². The van der Waals surface area contributed by atoms with E-state index in [1.165, 1.54) is 0 Å². The van der Waals surface area contributed by atoms with Gasteiger partial charge in [-0.2, -0.15) is 0 Å². The Labute approximate surface area is 205 Å². The number of hydrogen-bond acceptors (Lipinski definition) is 16. The van der Waals surface area contributed by atoms with Crippen molar-refractivity contribution in [3.05, 3.63) is 0 Å². The molecular weight excluding hydrogens is 520 g/mol. The van der Waals surface area contributed by atoms with Crippen molar-refractivity contribution >= 4 is 17.9 Å². The van der Waals surface area contributed by atoms with Crippen LogP contribution in [0.4, 0.5) is 0 Å². The molecule has 0 saturated carbocycles. The van der Waals surface area contributed by atoms with E-state index in [4.69, 9.17) is 24.1 Å². The van der Waals surface area contributed by atoms with Gasteiger partial charge in [0.2, 0.25) is 0 Å². The number of carbonyl (C=O) groups is 3. The number of rotatable bonds is 7. The monoisotopic (exact) mass is 546 g/mol. The molecule has 19 nitrogen and oxygen atoms in total. The molecule has 37 heavy (non-hydrogen) atoms. The molecule has 3 saturated heterocycles. The van der Waals surface area contributed by atoms with E-state index in [0.29, 0.717) is 0 Å². The van der Waals surface area contributed by atoms with Crippen LogP contribution in [0.3, 0.4) is 0 Å². The predicted octanol–water partition coefficient (Wildman–Crippen LogP) is -7.30. The summed E-state index contributed by atoms with van der Waals surface area (Å²) in [7, 11) is 0. The molecule has 0 aromatic carbocycles. The van der Waals surface area contributed by atoms with Gasteiger partial charge in [-0.25, -0.2) is 14.4 Å². The zero-order chi connectivity index (χ0) is 27.9. The number of aliphatic carboxylic acids is 3. The lowest BCUT2D eigenvalue weighted by molar-refractivity contribution is -0.368. The fourth-order valence-corrected chi connectivity index (χ4v) is 3.98. The van der Waals surface area contributed by atoms with E-state index in [1.807, 2.05) is 0 Å². The van der Waals surface area contributed by atoms with Gasteiger partial charge < -0.3 is 79.9 Å². The second-order valence-electron chi connectivity index (χ2n) is 8.45. The van der Waals surface area contributed by atoms with Gasteiger partial charge in [0.15, 0.2) is 37.2 Å². The number of aliphatic hydroxyl groups excluding tert-OH is 8. The minimum absolute atomic E-state index is 1.79. The van der Waals surface area contributed by atoms with Crippen LogP contribution >= 0.6 is 0 Å². The van der Waals surface area contributed by atoms with Crippen molar-refractivity contribution in [3.8, 4) is 0 Å². The van der Waals surface area contributed by atoms with Crippen molar-refractivity contribution in [1.29, 1.82) is 0 Å². The quantitative estimate of drug-likeness (QED) is 0.141. The van der Waals surface area contributed by atoms with Gasteiger partial charge >= 0.3 is 17.9 Å². The van der Waals surface area contributed by atoms with E-state index in [1.54, 1.807) is 0 Å². The van der Waals surface area contributed by atoms with Crippen molar-refractivity contribution in [3.63, 3.8) is 0 Å². The molecule has 0 unspecified atom stereocenters. The lowest BCUT2D eigenvalue weighted by Crippen LogP contribution is -2.67. The molecular formula is C18H26O19. The van der Waals surface area contributed by atoms with Crippen LogP contribution in [0.2, 0.25) is 0 Å². The maximum Gasteiger partial charge on any atom is 0.335 e. The lowest BCUT2D eigenvalue weighted by atomic mass is 9.95. The Morgan fingerprint density at radius 3 is 1.30 bits per heavy atom. The van der Waals surface area contributed by atoms with Gasteiger partial charge in [-0.05, 0) is 0 Å². The topological polar surface area (TPSA) is 320 Å². The average Bonchev–Trinajstić information content (AvgIpc) is 2.82. The first-order valence-corrected chi connectivity index (χ1v) is 10.6. The summed E-state index contributed by atoms with van der Waals surface area (Å²) < 4.78 is 24.8. The molecule has 3 aliphatic heterocycles. The minimum atomic E-state index is -2.29. The SMILES string of the molecule is O=C(O)[C@H]1O[C@H](O[C@@H]2[C@H](O)[C@@H](O)[C@@H](O[C@@H]3[C@H](O)[C@H](O)[C@H](O)O[C@@H]3C(=O)O)O[C@@H]2C(=O)O)[C@H](O)[C@@H](O)[C@H]1O. The first kappa shape index (κ1) is 29.4. The van der Waals surface area contributed by atoms with Crippen molar-refractivity contribution in [2.75, 3.05) is 0 Å². The Kier molecular flexibility index (Phi) is 9.01. The first-order chi connectivity index (χ1) is 17.2. The molecule has 212 valence electrons. The molecule has 0 aliphatic carbocycles. The lowest BCUT2D eigenvalue weighted by Gasteiger charge is -2.46. The molecule has 19 heteroatoms. The van der Waals surface area contributed by atoms with Gasteiger partial charge in [-0.15, -0.1) is 0 Å². The molecule has 3 aliphatic rings. The smallest absolute Gasteiger partial charge is 0.335 e. The summed E-state index contributed by atoms with van der Waals surface area (Å²) in [4.78, 5) is 34.5. The highest BCUT2D eigenvalue weighted by Crippen LogP contribution is 2.32. The van der Waals surface area contributed by atoms with E-state index in [-0.39, 0.29) is 0 Å². The molecule has 15 atom stereocenters. The maximum atomic E-state index is 11.8. The van der Waals surface area contributed by atoms with Gasteiger partial charge in [-0.3, -0.25) is 0 Å². The standard InChI is InChI=1S/C18H26O19/c19-1-2(20)10(13(26)27)36-17(6(1)24)35-9-4(22)7(25)18(37-12(9)15(30)31)34-8-3(21)5(23)16(32)33-11(8)14(28)29/h1-12,16-25,32H,(H,26,27)(H,28,29)(H,30,31)/t1-,2+,3+,4+,5-,6+,7+,8+,9+,10-,11-,12-,16+,17-,18-/m0/s1. The maximum absolute atomic E-state index is 11.8. The third-order valence-electron chi connectivity index (χ3n) is 5.99. The highest BCUT2D eigenvalue weighted by atomic mass is 16.8. The van der Waals surface area contributed by atoms with Gasteiger partial charge in [-0.1, -0.05) is 0 Å². The summed E-state index contributed by atoms with van der Waals surface area (Å²) >= 11 is 0. The summed E-state index contributed by atoms with van der Waals surface area (Å²) in [6.07, 6.45) is -32.5. The van der Waals surface area contributed by atoms with Crippen molar-refractivity contribution in [1.82, 2.24) is 0 Å². The Bertz CT molecular complexity index is 853. The third kappa shape index (κ3) is 5.68. The second kappa shape index (κ2) is 11.3. The van der Waals surface area contributed by atoms with E-state index in [2.05, 4.69) is 4.74 Å². The number of ether oxygens (including phenoxy) is 5. The van der Waals surface area contributed by atoms with Crippen molar-refractivity contribution in [2.24, 2.45) is 0 Å². The number of hydrogen-bond donors (Lipinski definition) is 11. The number of carboxylic acid groups (broad SMARTS) is 3. The normalized spacial score (nSPS) is 48.8. The fourth-order valence-electron chi connectivity index (χ4n) is 3.98. The van der Waals surface area contributed by atoms with E-state index < -0.39 is 110 Å². The van der Waals surface area contributed by atoms with Crippen LogP contribution in [0.25, 0.3) is 0 Å². The Balaban J connectivity index is 1.81. The molecule has 0 aromatic heterocycles. The van der Waals surface area contributed by atoms with E-state index in [9.17, 15) is 65.4 Å². The summed E-state index contributed by atoms with van der Waals surface area (Å²) in [5, 5.41) is 108. The van der Waals surface area contributed by atoms with Crippen LogP contribution in [0.1, 0.15) is 0 Å². The van der Waals surface area contributed by atoms with Gasteiger partial charge in [0.1, 0.15) is 54.9 Å². The van der Waals surface area contributed by atoms with E-state index >= 15 is 0 Å². The largest absolute Gasteiger partial charge is 0.479 e. The highest BCUT2D eigenvalue weighted by Gasteiger charge is 2.56. The number of carboxylic acids is 3. The molecule has 3 fully saturated rings. The number of aliphatic hydroxyl groups is 8. The summed E-state index contributed by atoms with van der Waals surface area (Å²) in [5.41, 5.74) is 0. The van der Waals surface area contributed by atoms with E-state index in [0.717, 1.165) is 0 Å². The van der Waals surface area contributed by atoms with Crippen LogP contribution in [0.5, 0.6) is 0 Å². The summed E-state index contributed by atoms with van der Waals surface area (Å²) in [6, 6.07) is 0. The fraction of sp³-hybridized carbons (Fsp3) is 0.833. The van der Waals surface area contributed by atoms with Gasteiger partial charge in [0.25, 0.3) is 0 Å². The Morgan fingerprint density at radius 1 is 0.459 bits per heavy atom. The van der Waals surface area contributed by atoms with Gasteiger partial charge in [0, 0.05) is 0 Å².